The molecule has 0 bridgehead atoms. The number of halogens is 1. The van der Waals surface area contributed by atoms with Crippen LogP contribution in [0.1, 0.15) is 5.56 Å². The Balaban J connectivity index is 2.15. The summed E-state index contributed by atoms with van der Waals surface area (Å²) >= 11 is 0. The number of rotatable bonds is 4. The molecule has 19 heavy (non-hydrogen) atoms. The van der Waals surface area contributed by atoms with Gasteiger partial charge in [-0.25, -0.2) is 4.39 Å². The van der Waals surface area contributed by atoms with Crippen molar-refractivity contribution in [3.8, 4) is 5.75 Å². The third-order valence-corrected chi connectivity index (χ3v) is 5.01. The molecule has 0 saturated heterocycles. The number of benzene rings is 2. The van der Waals surface area contributed by atoms with Crippen LogP contribution in [0.3, 0.4) is 0 Å². The molecule has 0 saturated carbocycles. The van der Waals surface area contributed by atoms with Gasteiger partial charge in [-0.3, -0.25) is 0 Å². The Morgan fingerprint density at radius 1 is 1.00 bits per heavy atom. The molecule has 0 atom stereocenters. The molecule has 2 aromatic rings. The molecule has 0 heterocycles. The lowest BCUT2D eigenvalue weighted by Crippen LogP contribution is -2.37. The van der Waals surface area contributed by atoms with E-state index in [1.54, 1.807) is 6.07 Å². The molecule has 0 aliphatic rings. The van der Waals surface area contributed by atoms with E-state index in [1.807, 2.05) is 36.4 Å². The SMILES string of the molecule is C[Si](C)(C)c1cc(F)cc(OCc2ccccc2)c1. The van der Waals surface area contributed by atoms with Crippen LogP contribution in [0.5, 0.6) is 5.75 Å². The molecule has 0 spiro atoms. The lowest BCUT2D eigenvalue weighted by molar-refractivity contribution is 0.305. The maximum absolute atomic E-state index is 13.6. The first-order valence-corrected chi connectivity index (χ1v) is 9.93. The molecular weight excluding hydrogens is 255 g/mol. The lowest BCUT2D eigenvalue weighted by Gasteiger charge is -2.18. The molecule has 100 valence electrons. The van der Waals surface area contributed by atoms with Crippen molar-refractivity contribution in [1.29, 1.82) is 0 Å². The van der Waals surface area contributed by atoms with Crippen molar-refractivity contribution < 1.29 is 9.13 Å². The Morgan fingerprint density at radius 3 is 2.32 bits per heavy atom. The van der Waals surface area contributed by atoms with Crippen LogP contribution >= 0.6 is 0 Å². The highest BCUT2D eigenvalue weighted by atomic mass is 28.3. The van der Waals surface area contributed by atoms with Gasteiger partial charge in [0.15, 0.2) is 0 Å². The minimum Gasteiger partial charge on any atom is -0.489 e. The second-order valence-corrected chi connectivity index (χ2v) is 10.8. The van der Waals surface area contributed by atoms with E-state index in [0.717, 1.165) is 10.8 Å². The zero-order chi connectivity index (χ0) is 13.9. The van der Waals surface area contributed by atoms with E-state index in [2.05, 4.69) is 19.6 Å². The van der Waals surface area contributed by atoms with Gasteiger partial charge in [-0.15, -0.1) is 0 Å². The Hall–Kier alpha value is -1.61. The van der Waals surface area contributed by atoms with Gasteiger partial charge in [0.25, 0.3) is 0 Å². The highest BCUT2D eigenvalue weighted by Gasteiger charge is 2.18. The maximum Gasteiger partial charge on any atom is 0.126 e. The zero-order valence-electron chi connectivity index (χ0n) is 11.6. The predicted octanol–water partition coefficient (Wildman–Crippen LogP) is 3.95. The van der Waals surface area contributed by atoms with Crippen LogP contribution in [0.4, 0.5) is 4.39 Å². The molecule has 0 radical (unpaired) electrons. The Morgan fingerprint density at radius 2 is 1.68 bits per heavy atom. The topological polar surface area (TPSA) is 9.23 Å². The molecule has 2 aromatic carbocycles. The van der Waals surface area contributed by atoms with Crippen molar-refractivity contribution in [2.24, 2.45) is 0 Å². The number of ether oxygens (including phenoxy) is 1. The summed E-state index contributed by atoms with van der Waals surface area (Å²) < 4.78 is 19.3. The average Bonchev–Trinajstić information content (AvgIpc) is 2.36. The van der Waals surface area contributed by atoms with Crippen molar-refractivity contribution in [2.45, 2.75) is 26.2 Å². The van der Waals surface area contributed by atoms with Crippen molar-refractivity contribution in [3.63, 3.8) is 0 Å². The maximum atomic E-state index is 13.6. The number of hydrogen-bond donors (Lipinski definition) is 0. The standard InChI is InChI=1S/C16H19FOSi/c1-19(2,3)16-10-14(17)9-15(11-16)18-12-13-7-5-4-6-8-13/h4-11H,12H2,1-3H3. The van der Waals surface area contributed by atoms with Gasteiger partial charge in [-0.2, -0.15) is 0 Å². The Labute approximate surface area is 115 Å². The van der Waals surface area contributed by atoms with Crippen molar-refractivity contribution >= 4 is 13.3 Å². The summed E-state index contributed by atoms with van der Waals surface area (Å²) in [5, 5.41) is 1.08. The summed E-state index contributed by atoms with van der Waals surface area (Å²) in [5.74, 6) is 0.393. The van der Waals surface area contributed by atoms with Gasteiger partial charge in [0.1, 0.15) is 18.2 Å². The van der Waals surface area contributed by atoms with Crippen LogP contribution in [0.25, 0.3) is 0 Å². The molecule has 0 amide bonds. The van der Waals surface area contributed by atoms with Crippen molar-refractivity contribution in [3.05, 3.63) is 59.9 Å². The third kappa shape index (κ3) is 3.93. The minimum absolute atomic E-state index is 0.219. The molecular formula is C16H19FOSi. The highest BCUT2D eigenvalue weighted by molar-refractivity contribution is 6.88. The molecule has 0 aliphatic carbocycles. The fraction of sp³-hybridized carbons (Fsp3) is 0.250. The largest absolute Gasteiger partial charge is 0.489 e. The quantitative estimate of drug-likeness (QED) is 0.767. The average molecular weight is 274 g/mol. The zero-order valence-corrected chi connectivity index (χ0v) is 12.6. The minimum atomic E-state index is -1.52. The first-order chi connectivity index (χ1) is 8.95. The summed E-state index contributed by atoms with van der Waals surface area (Å²) in [7, 11) is -1.52. The summed E-state index contributed by atoms with van der Waals surface area (Å²) in [5.41, 5.74) is 1.08. The van der Waals surface area contributed by atoms with E-state index in [9.17, 15) is 4.39 Å². The normalized spacial score (nSPS) is 11.4. The monoisotopic (exact) mass is 274 g/mol. The van der Waals surface area contributed by atoms with Crippen molar-refractivity contribution in [2.75, 3.05) is 0 Å². The van der Waals surface area contributed by atoms with E-state index >= 15 is 0 Å². The van der Waals surface area contributed by atoms with Crippen LogP contribution in [0.2, 0.25) is 19.6 Å². The summed E-state index contributed by atoms with van der Waals surface area (Å²) in [6, 6.07) is 15.0. The van der Waals surface area contributed by atoms with E-state index in [1.165, 1.54) is 6.07 Å². The van der Waals surface area contributed by atoms with Crippen LogP contribution in [0, 0.1) is 5.82 Å². The fourth-order valence-electron chi connectivity index (χ4n) is 1.82. The summed E-state index contributed by atoms with van der Waals surface area (Å²) in [6.07, 6.45) is 0. The first kappa shape index (κ1) is 13.8. The van der Waals surface area contributed by atoms with Crippen LogP contribution < -0.4 is 9.92 Å². The van der Waals surface area contributed by atoms with Gasteiger partial charge < -0.3 is 4.74 Å². The Kier molecular flexibility index (Phi) is 4.05. The highest BCUT2D eigenvalue weighted by Crippen LogP contribution is 2.16. The fourth-order valence-corrected chi connectivity index (χ4v) is 2.97. The molecule has 0 unspecified atom stereocenters. The van der Waals surface area contributed by atoms with E-state index < -0.39 is 8.07 Å². The van der Waals surface area contributed by atoms with E-state index in [-0.39, 0.29) is 5.82 Å². The second kappa shape index (κ2) is 5.57. The predicted molar refractivity (Wildman–Crippen MR) is 80.2 cm³/mol. The van der Waals surface area contributed by atoms with Crippen molar-refractivity contribution in [1.82, 2.24) is 0 Å². The van der Waals surface area contributed by atoms with Gasteiger partial charge in [0, 0.05) is 6.07 Å². The van der Waals surface area contributed by atoms with Crippen LogP contribution in [-0.2, 0) is 6.61 Å². The smallest absolute Gasteiger partial charge is 0.126 e. The molecule has 0 fully saturated rings. The molecule has 0 aromatic heterocycles. The summed E-state index contributed by atoms with van der Waals surface area (Å²) in [6.45, 7) is 7.06. The van der Waals surface area contributed by atoms with Gasteiger partial charge in [0.05, 0.1) is 8.07 Å². The molecule has 0 N–H and O–H groups in total. The molecule has 1 nitrogen and oxygen atoms in total. The number of hydrogen-bond acceptors (Lipinski definition) is 1. The van der Waals surface area contributed by atoms with Crippen LogP contribution in [-0.4, -0.2) is 8.07 Å². The lowest BCUT2D eigenvalue weighted by atomic mass is 10.2. The molecule has 2 rings (SSSR count). The first-order valence-electron chi connectivity index (χ1n) is 6.43. The van der Waals surface area contributed by atoms with Gasteiger partial charge >= 0.3 is 0 Å². The molecule has 3 heteroatoms. The van der Waals surface area contributed by atoms with E-state index in [0.29, 0.717) is 12.4 Å². The van der Waals surface area contributed by atoms with Crippen LogP contribution in [0.15, 0.2) is 48.5 Å². The van der Waals surface area contributed by atoms with Gasteiger partial charge in [0.2, 0.25) is 0 Å². The Bertz CT molecular complexity index is 546. The molecule has 0 aliphatic heterocycles. The third-order valence-electron chi connectivity index (χ3n) is 2.99. The summed E-state index contributed by atoms with van der Waals surface area (Å²) in [4.78, 5) is 0. The second-order valence-electron chi connectivity index (χ2n) is 5.70. The van der Waals surface area contributed by atoms with Gasteiger partial charge in [-0.05, 0) is 17.7 Å². The van der Waals surface area contributed by atoms with Gasteiger partial charge in [-0.1, -0.05) is 55.2 Å². The van der Waals surface area contributed by atoms with E-state index in [4.69, 9.17) is 4.74 Å².